The highest BCUT2D eigenvalue weighted by molar-refractivity contribution is 5.95. The Balaban J connectivity index is 1.58. The van der Waals surface area contributed by atoms with Crippen LogP contribution in [0.3, 0.4) is 0 Å². The van der Waals surface area contributed by atoms with Gasteiger partial charge in [0, 0.05) is 24.2 Å². The van der Waals surface area contributed by atoms with E-state index < -0.39 is 0 Å². The summed E-state index contributed by atoms with van der Waals surface area (Å²) in [4.78, 5) is 29.9. The first kappa shape index (κ1) is 17.9. The molecule has 1 saturated carbocycles. The quantitative estimate of drug-likeness (QED) is 0.722. The molecule has 1 aliphatic carbocycles. The van der Waals surface area contributed by atoms with Gasteiger partial charge in [-0.3, -0.25) is 9.59 Å². The third-order valence-corrected chi connectivity index (χ3v) is 4.00. The van der Waals surface area contributed by atoms with Crippen LogP contribution in [0.15, 0.2) is 28.8 Å². The Morgan fingerprint density at radius 1 is 1.38 bits per heavy atom. The maximum absolute atomic E-state index is 12.6. The van der Waals surface area contributed by atoms with Crippen LogP contribution in [-0.2, 0) is 16.1 Å². The number of hydrogen-bond acceptors (Lipinski definition) is 7. The van der Waals surface area contributed by atoms with Crippen LogP contribution in [0.4, 0.5) is 5.69 Å². The number of aromatic nitrogens is 2. The number of ether oxygens (including phenoxy) is 1. The molecule has 2 aromatic rings. The molecule has 0 aliphatic heterocycles. The lowest BCUT2D eigenvalue weighted by Gasteiger charge is -2.15. The van der Waals surface area contributed by atoms with E-state index in [1.165, 1.54) is 4.90 Å². The van der Waals surface area contributed by atoms with Gasteiger partial charge in [-0.15, -0.1) is 0 Å². The fourth-order valence-corrected chi connectivity index (χ4v) is 2.48. The molecule has 138 valence electrons. The van der Waals surface area contributed by atoms with Crippen molar-refractivity contribution in [3.05, 3.63) is 41.5 Å². The number of carbonyl (C=O) groups excluding carboxylic acids is 2. The van der Waals surface area contributed by atoms with Crippen LogP contribution >= 0.6 is 0 Å². The van der Waals surface area contributed by atoms with E-state index >= 15 is 0 Å². The highest BCUT2D eigenvalue weighted by Gasteiger charge is 2.29. The van der Waals surface area contributed by atoms with Crippen LogP contribution in [-0.4, -0.2) is 47.1 Å². The van der Waals surface area contributed by atoms with E-state index in [9.17, 15) is 9.59 Å². The van der Waals surface area contributed by atoms with E-state index in [-0.39, 0.29) is 25.0 Å². The SMILES string of the molecule is CCOC(=O)CNc1cccc(C(=O)N(C)Cc2nc(C3CC3)no2)c1. The zero-order valence-corrected chi connectivity index (χ0v) is 14.9. The molecule has 1 heterocycles. The third-order valence-electron chi connectivity index (χ3n) is 4.00. The second kappa shape index (κ2) is 7.99. The van der Waals surface area contributed by atoms with Crippen molar-refractivity contribution < 1.29 is 18.8 Å². The second-order valence-electron chi connectivity index (χ2n) is 6.22. The molecular formula is C18H22N4O4. The van der Waals surface area contributed by atoms with Crippen molar-refractivity contribution in [2.24, 2.45) is 0 Å². The summed E-state index contributed by atoms with van der Waals surface area (Å²) in [5.41, 5.74) is 1.18. The summed E-state index contributed by atoms with van der Waals surface area (Å²) in [5, 5.41) is 6.91. The minimum absolute atomic E-state index is 0.0489. The molecule has 1 aliphatic rings. The van der Waals surface area contributed by atoms with Crippen LogP contribution in [0.5, 0.6) is 0 Å². The smallest absolute Gasteiger partial charge is 0.325 e. The lowest BCUT2D eigenvalue weighted by Crippen LogP contribution is -2.26. The molecule has 1 aromatic carbocycles. The number of nitrogens with zero attached hydrogens (tertiary/aromatic N) is 3. The van der Waals surface area contributed by atoms with E-state index in [0.717, 1.165) is 18.7 Å². The van der Waals surface area contributed by atoms with Crippen LogP contribution in [0.2, 0.25) is 0 Å². The van der Waals surface area contributed by atoms with Crippen molar-refractivity contribution in [3.63, 3.8) is 0 Å². The summed E-state index contributed by atoms with van der Waals surface area (Å²) in [7, 11) is 1.68. The van der Waals surface area contributed by atoms with Gasteiger partial charge < -0.3 is 19.5 Å². The van der Waals surface area contributed by atoms with Gasteiger partial charge in [0.15, 0.2) is 5.82 Å². The monoisotopic (exact) mass is 358 g/mol. The number of benzene rings is 1. The molecule has 0 spiro atoms. The second-order valence-corrected chi connectivity index (χ2v) is 6.22. The lowest BCUT2D eigenvalue weighted by atomic mass is 10.1. The molecule has 1 amide bonds. The van der Waals surface area contributed by atoms with E-state index in [1.807, 2.05) is 0 Å². The predicted octanol–water partition coefficient (Wildman–Crippen LogP) is 2.19. The minimum Gasteiger partial charge on any atom is -0.465 e. The van der Waals surface area contributed by atoms with E-state index in [2.05, 4.69) is 15.5 Å². The summed E-state index contributed by atoms with van der Waals surface area (Å²) in [6.07, 6.45) is 2.19. The van der Waals surface area contributed by atoms with E-state index in [1.54, 1.807) is 38.2 Å². The number of anilines is 1. The number of amides is 1. The van der Waals surface area contributed by atoms with Gasteiger partial charge in [0.1, 0.15) is 6.54 Å². The van der Waals surface area contributed by atoms with Crippen LogP contribution in [0, 0.1) is 0 Å². The molecule has 0 saturated heterocycles. The third kappa shape index (κ3) is 4.59. The first-order valence-corrected chi connectivity index (χ1v) is 8.64. The van der Waals surface area contributed by atoms with Crippen LogP contribution in [0.1, 0.15) is 47.8 Å². The average Bonchev–Trinajstić information content (AvgIpc) is 3.39. The van der Waals surface area contributed by atoms with Crippen molar-refractivity contribution in [2.45, 2.75) is 32.2 Å². The summed E-state index contributed by atoms with van der Waals surface area (Å²) >= 11 is 0. The maximum atomic E-state index is 12.6. The molecule has 1 N–H and O–H groups in total. The molecule has 8 heteroatoms. The zero-order chi connectivity index (χ0) is 18.5. The highest BCUT2D eigenvalue weighted by atomic mass is 16.5. The lowest BCUT2D eigenvalue weighted by molar-refractivity contribution is -0.140. The van der Waals surface area contributed by atoms with Gasteiger partial charge in [0.2, 0.25) is 5.89 Å². The first-order chi connectivity index (χ1) is 12.6. The standard InChI is InChI=1S/C18H22N4O4/c1-3-25-16(23)10-19-14-6-4-5-13(9-14)18(24)22(2)11-15-20-17(21-26-15)12-7-8-12/h4-6,9,12,19H,3,7-8,10-11H2,1-2H3. The Morgan fingerprint density at radius 3 is 2.92 bits per heavy atom. The van der Waals surface area contributed by atoms with E-state index in [4.69, 9.17) is 9.26 Å². The number of rotatable bonds is 8. The molecule has 26 heavy (non-hydrogen) atoms. The Labute approximate surface area is 151 Å². The molecule has 0 unspecified atom stereocenters. The molecule has 0 atom stereocenters. The summed E-state index contributed by atoms with van der Waals surface area (Å²) in [6.45, 7) is 2.39. The first-order valence-electron chi connectivity index (χ1n) is 8.64. The topological polar surface area (TPSA) is 97.6 Å². The van der Waals surface area contributed by atoms with Crippen molar-refractivity contribution in [3.8, 4) is 0 Å². The van der Waals surface area contributed by atoms with Crippen molar-refractivity contribution in [1.82, 2.24) is 15.0 Å². The molecule has 1 fully saturated rings. The van der Waals surface area contributed by atoms with Gasteiger partial charge in [-0.2, -0.15) is 4.98 Å². The largest absolute Gasteiger partial charge is 0.465 e. The van der Waals surface area contributed by atoms with Gasteiger partial charge in [-0.05, 0) is 38.0 Å². The average molecular weight is 358 g/mol. The van der Waals surface area contributed by atoms with Gasteiger partial charge in [-0.25, -0.2) is 0 Å². The summed E-state index contributed by atoms with van der Waals surface area (Å²) in [5.74, 6) is 1.06. The molecule has 1 aromatic heterocycles. The Morgan fingerprint density at radius 2 is 2.19 bits per heavy atom. The van der Waals surface area contributed by atoms with Gasteiger partial charge in [0.05, 0.1) is 13.2 Å². The highest BCUT2D eigenvalue weighted by Crippen LogP contribution is 2.38. The fraction of sp³-hybridized carbons (Fsp3) is 0.444. The minimum atomic E-state index is -0.343. The molecule has 3 rings (SSSR count). The van der Waals surface area contributed by atoms with Gasteiger partial charge in [0.25, 0.3) is 5.91 Å². The molecular weight excluding hydrogens is 336 g/mol. The molecule has 0 radical (unpaired) electrons. The number of carbonyl (C=O) groups is 2. The zero-order valence-electron chi connectivity index (χ0n) is 14.9. The Bertz CT molecular complexity index is 785. The number of nitrogens with one attached hydrogen (secondary N) is 1. The van der Waals surface area contributed by atoms with Crippen molar-refractivity contribution in [1.29, 1.82) is 0 Å². The molecule has 8 nitrogen and oxygen atoms in total. The predicted molar refractivity (Wildman–Crippen MR) is 93.6 cm³/mol. The maximum Gasteiger partial charge on any atom is 0.325 e. The van der Waals surface area contributed by atoms with Crippen molar-refractivity contribution in [2.75, 3.05) is 25.5 Å². The number of hydrogen-bond donors (Lipinski definition) is 1. The van der Waals surface area contributed by atoms with Crippen LogP contribution < -0.4 is 5.32 Å². The van der Waals surface area contributed by atoms with Crippen molar-refractivity contribution >= 4 is 17.6 Å². The van der Waals surface area contributed by atoms with Crippen LogP contribution in [0.25, 0.3) is 0 Å². The summed E-state index contributed by atoms with van der Waals surface area (Å²) < 4.78 is 10.1. The Kier molecular flexibility index (Phi) is 5.50. The fourth-order valence-electron chi connectivity index (χ4n) is 2.48. The Hall–Kier alpha value is -2.90. The summed E-state index contributed by atoms with van der Waals surface area (Å²) in [6, 6.07) is 6.96. The number of esters is 1. The van der Waals surface area contributed by atoms with Gasteiger partial charge in [-0.1, -0.05) is 11.2 Å². The normalized spacial score (nSPS) is 13.3. The van der Waals surface area contributed by atoms with E-state index in [0.29, 0.717) is 29.7 Å². The molecule has 0 bridgehead atoms. The van der Waals surface area contributed by atoms with Gasteiger partial charge >= 0.3 is 5.97 Å².